The Hall–Kier alpha value is -1.80. The Labute approximate surface area is 130 Å². The second kappa shape index (κ2) is 5.68. The number of nitrogens with two attached hydrogens (primary N) is 1. The maximum absolute atomic E-state index is 12.2. The van der Waals surface area contributed by atoms with Gasteiger partial charge in [0.25, 0.3) is 0 Å². The van der Waals surface area contributed by atoms with Gasteiger partial charge in [-0.15, -0.1) is 14.5 Å². The molecule has 3 rings (SSSR count). The van der Waals surface area contributed by atoms with Crippen LogP contribution in [0.1, 0.15) is 36.8 Å². The number of hydrogen-bond acceptors (Lipinski definition) is 9. The lowest BCUT2D eigenvalue weighted by Gasteiger charge is -2.27. The summed E-state index contributed by atoms with van der Waals surface area (Å²) in [6.45, 7) is 0.100. The third-order valence-electron chi connectivity index (χ3n) is 3.75. The van der Waals surface area contributed by atoms with Crippen LogP contribution in [0.3, 0.4) is 0 Å². The largest absolute Gasteiger partial charge is 0.420 e. The van der Waals surface area contributed by atoms with Crippen LogP contribution in [0.5, 0.6) is 0 Å². The van der Waals surface area contributed by atoms with Crippen LogP contribution in [0.2, 0.25) is 0 Å². The number of carbonyl (C=O) groups is 1. The van der Waals surface area contributed by atoms with Gasteiger partial charge in [-0.05, 0) is 12.8 Å². The van der Waals surface area contributed by atoms with Crippen molar-refractivity contribution in [1.82, 2.24) is 20.2 Å². The summed E-state index contributed by atoms with van der Waals surface area (Å²) in [7, 11) is -4.79. The molecule has 0 radical (unpaired) electrons. The molecule has 128 valence electrons. The lowest BCUT2D eigenvalue weighted by molar-refractivity contribution is -0.0317. The van der Waals surface area contributed by atoms with E-state index in [1.807, 2.05) is 0 Å². The molecule has 2 fully saturated rings. The highest BCUT2D eigenvalue weighted by Crippen LogP contribution is 2.38. The lowest BCUT2D eigenvalue weighted by atomic mass is 10.0. The molecular weight excluding hydrogens is 334 g/mol. The third-order valence-corrected chi connectivity index (χ3v) is 4.10. The van der Waals surface area contributed by atoms with Gasteiger partial charge in [-0.2, -0.15) is 13.5 Å². The van der Waals surface area contributed by atoms with Crippen LogP contribution in [0.25, 0.3) is 0 Å². The molecule has 3 atom stereocenters. The quantitative estimate of drug-likeness (QED) is 0.544. The van der Waals surface area contributed by atoms with Crippen LogP contribution >= 0.6 is 0 Å². The van der Waals surface area contributed by atoms with Crippen LogP contribution < -0.4 is 5.73 Å². The molecular formula is C10H15N5O7S. The number of hydroxylamine groups is 2. The number of aliphatic hydroxyl groups is 1. The van der Waals surface area contributed by atoms with Gasteiger partial charge in [-0.1, -0.05) is 0 Å². The van der Waals surface area contributed by atoms with Crippen molar-refractivity contribution in [3.05, 3.63) is 11.8 Å². The standard InChI is InChI=1S/C10H15N5O7S/c11-3-7(16)9-13-12-8(21-9)6-2-1-5-4-14(6)10(17)15(5)22-23(18,19)20/h5-7,16H,1-4,11H2,(H,18,19,20). The van der Waals surface area contributed by atoms with Crippen molar-refractivity contribution in [2.24, 2.45) is 5.73 Å². The van der Waals surface area contributed by atoms with E-state index in [1.165, 1.54) is 4.90 Å². The average molecular weight is 349 g/mol. The second-order valence-corrected chi connectivity index (χ2v) is 6.24. The van der Waals surface area contributed by atoms with Gasteiger partial charge in [0.15, 0.2) is 0 Å². The summed E-state index contributed by atoms with van der Waals surface area (Å²) in [6.07, 6.45) is -0.247. The van der Waals surface area contributed by atoms with E-state index in [0.29, 0.717) is 17.9 Å². The summed E-state index contributed by atoms with van der Waals surface area (Å²) >= 11 is 0. The van der Waals surface area contributed by atoms with E-state index in [2.05, 4.69) is 14.5 Å². The topological polar surface area (TPSA) is 172 Å². The Kier molecular flexibility index (Phi) is 3.97. The first-order valence-electron chi connectivity index (χ1n) is 6.78. The molecule has 2 aliphatic heterocycles. The molecule has 23 heavy (non-hydrogen) atoms. The van der Waals surface area contributed by atoms with E-state index in [9.17, 15) is 18.3 Å². The summed E-state index contributed by atoms with van der Waals surface area (Å²) < 4.78 is 40.1. The normalized spacial score (nSPS) is 26.0. The fourth-order valence-corrected chi connectivity index (χ4v) is 3.09. The summed E-state index contributed by atoms with van der Waals surface area (Å²) in [5, 5.41) is 17.7. The van der Waals surface area contributed by atoms with Crippen molar-refractivity contribution in [1.29, 1.82) is 0 Å². The highest BCUT2D eigenvalue weighted by atomic mass is 32.3. The molecule has 0 aromatic carbocycles. The molecule has 2 saturated heterocycles. The van der Waals surface area contributed by atoms with Crippen LogP contribution in [-0.4, -0.2) is 63.4 Å². The van der Waals surface area contributed by atoms with Crippen molar-refractivity contribution in [2.75, 3.05) is 13.1 Å². The number of urea groups is 1. The molecule has 4 N–H and O–H groups in total. The molecule has 3 unspecified atom stereocenters. The summed E-state index contributed by atoms with van der Waals surface area (Å²) in [6, 6.07) is -1.80. The monoisotopic (exact) mass is 349 g/mol. The minimum Gasteiger partial charge on any atom is -0.420 e. The third kappa shape index (κ3) is 3.00. The van der Waals surface area contributed by atoms with Gasteiger partial charge in [0, 0.05) is 13.1 Å². The molecule has 13 heteroatoms. The Bertz CT molecular complexity index is 706. The second-order valence-electron chi connectivity index (χ2n) is 5.24. The number of nitrogens with zero attached hydrogens (tertiary/aromatic N) is 4. The number of fused-ring (bicyclic) bond motifs is 2. The number of carbonyl (C=O) groups excluding carboxylic acids is 1. The lowest BCUT2D eigenvalue weighted by Crippen LogP contribution is -2.35. The molecule has 0 saturated carbocycles. The number of piperidine rings is 1. The first kappa shape index (κ1) is 16.1. The zero-order chi connectivity index (χ0) is 16.8. The first-order chi connectivity index (χ1) is 10.8. The van der Waals surface area contributed by atoms with Crippen molar-refractivity contribution >= 4 is 16.4 Å². The molecule has 2 aliphatic rings. The smallest absolute Gasteiger partial charge is 0.418 e. The van der Waals surface area contributed by atoms with E-state index < -0.39 is 34.6 Å². The van der Waals surface area contributed by atoms with E-state index >= 15 is 0 Å². The average Bonchev–Trinajstić information content (AvgIpc) is 3.06. The summed E-state index contributed by atoms with van der Waals surface area (Å²) in [5.41, 5.74) is 5.30. The predicted molar refractivity (Wildman–Crippen MR) is 70.6 cm³/mol. The van der Waals surface area contributed by atoms with Gasteiger partial charge in [0.2, 0.25) is 11.8 Å². The van der Waals surface area contributed by atoms with Gasteiger partial charge < -0.3 is 20.2 Å². The maximum atomic E-state index is 12.2. The molecule has 0 aliphatic carbocycles. The van der Waals surface area contributed by atoms with E-state index in [-0.39, 0.29) is 24.9 Å². The molecule has 12 nitrogen and oxygen atoms in total. The Morgan fingerprint density at radius 2 is 2.17 bits per heavy atom. The van der Waals surface area contributed by atoms with Crippen molar-refractivity contribution in [3.63, 3.8) is 0 Å². The zero-order valence-electron chi connectivity index (χ0n) is 11.8. The summed E-state index contributed by atoms with van der Waals surface area (Å²) in [4.78, 5) is 13.5. The van der Waals surface area contributed by atoms with E-state index in [1.54, 1.807) is 0 Å². The van der Waals surface area contributed by atoms with Gasteiger partial charge in [0.05, 0.1) is 6.04 Å². The number of amides is 2. The number of aliphatic hydroxyl groups excluding tert-OH is 1. The number of rotatable bonds is 5. The van der Waals surface area contributed by atoms with Gasteiger partial charge in [-0.25, -0.2) is 4.79 Å². The van der Waals surface area contributed by atoms with Crippen LogP contribution in [0.15, 0.2) is 4.42 Å². The minimum absolute atomic E-state index is 0.0534. The van der Waals surface area contributed by atoms with Crippen LogP contribution in [0, 0.1) is 0 Å². The van der Waals surface area contributed by atoms with Gasteiger partial charge >= 0.3 is 16.4 Å². The highest BCUT2D eigenvalue weighted by Gasteiger charge is 2.49. The van der Waals surface area contributed by atoms with Gasteiger partial charge in [-0.3, -0.25) is 4.55 Å². The molecule has 2 amide bonds. The zero-order valence-corrected chi connectivity index (χ0v) is 12.6. The number of hydrogen-bond donors (Lipinski definition) is 3. The van der Waals surface area contributed by atoms with E-state index in [4.69, 9.17) is 14.7 Å². The Balaban J connectivity index is 1.80. The van der Waals surface area contributed by atoms with Crippen molar-refractivity contribution in [2.45, 2.75) is 31.0 Å². The fraction of sp³-hybridized carbons (Fsp3) is 0.700. The van der Waals surface area contributed by atoms with Crippen molar-refractivity contribution in [3.8, 4) is 0 Å². The highest BCUT2D eigenvalue weighted by molar-refractivity contribution is 7.80. The Morgan fingerprint density at radius 3 is 2.83 bits per heavy atom. The maximum Gasteiger partial charge on any atom is 0.418 e. The summed E-state index contributed by atoms with van der Waals surface area (Å²) in [5.74, 6) is 0.0651. The van der Waals surface area contributed by atoms with Crippen molar-refractivity contribution < 1.29 is 31.6 Å². The molecule has 1 aromatic heterocycles. The first-order valence-corrected chi connectivity index (χ1v) is 8.15. The number of aromatic nitrogens is 2. The van der Waals surface area contributed by atoms with Crippen LogP contribution in [-0.2, 0) is 14.7 Å². The molecule has 0 spiro atoms. The Morgan fingerprint density at radius 1 is 1.43 bits per heavy atom. The predicted octanol–water partition coefficient (Wildman–Crippen LogP) is -1.26. The fourth-order valence-electron chi connectivity index (χ4n) is 2.70. The van der Waals surface area contributed by atoms with E-state index in [0.717, 1.165) is 0 Å². The molecule has 3 heterocycles. The SMILES string of the molecule is NCC(O)c1nnc(C2CCC3CN2C(=O)N3OS(=O)(=O)O)o1. The van der Waals surface area contributed by atoms with Crippen LogP contribution in [0.4, 0.5) is 4.79 Å². The minimum atomic E-state index is -4.79. The molecule has 1 aromatic rings. The van der Waals surface area contributed by atoms with Gasteiger partial charge in [0.1, 0.15) is 12.1 Å². The molecule has 2 bridgehead atoms.